The van der Waals surface area contributed by atoms with Gasteiger partial charge in [-0.15, -0.1) is 0 Å². The first-order valence-electron chi connectivity index (χ1n) is 12.2. The second kappa shape index (κ2) is 10.4. The van der Waals surface area contributed by atoms with Crippen molar-refractivity contribution in [2.75, 3.05) is 0 Å². The molecule has 4 aromatic rings. The van der Waals surface area contributed by atoms with E-state index in [1.165, 1.54) is 5.56 Å². The Balaban J connectivity index is 1.44. The van der Waals surface area contributed by atoms with Gasteiger partial charge in [0.2, 0.25) is 5.82 Å². The summed E-state index contributed by atoms with van der Waals surface area (Å²) in [6, 6.07) is 19.4. The van der Waals surface area contributed by atoms with Crippen molar-refractivity contribution in [3.63, 3.8) is 0 Å². The lowest BCUT2D eigenvalue weighted by atomic mass is 9.86. The summed E-state index contributed by atoms with van der Waals surface area (Å²) in [6.07, 6.45) is 0.140. The summed E-state index contributed by atoms with van der Waals surface area (Å²) in [6.45, 7) is 10.4. The maximum atomic E-state index is 12.7. The van der Waals surface area contributed by atoms with Crippen LogP contribution in [0.3, 0.4) is 0 Å². The van der Waals surface area contributed by atoms with Crippen molar-refractivity contribution in [3.8, 4) is 22.8 Å². The number of benzene rings is 3. The fourth-order valence-electron chi connectivity index (χ4n) is 3.92. The predicted molar refractivity (Wildman–Crippen MR) is 142 cm³/mol. The van der Waals surface area contributed by atoms with E-state index in [4.69, 9.17) is 4.52 Å². The summed E-state index contributed by atoms with van der Waals surface area (Å²) in [7, 11) is 0. The van der Waals surface area contributed by atoms with Crippen molar-refractivity contribution in [2.24, 2.45) is 0 Å². The molecular formula is C30H31N3O4. The van der Waals surface area contributed by atoms with Gasteiger partial charge >= 0.3 is 5.97 Å². The molecule has 4 rings (SSSR count). The van der Waals surface area contributed by atoms with Gasteiger partial charge in [0.15, 0.2) is 0 Å². The number of aryl methyl sites for hydroxylation is 2. The van der Waals surface area contributed by atoms with Crippen LogP contribution in [0.2, 0.25) is 0 Å². The zero-order chi connectivity index (χ0) is 26.7. The van der Waals surface area contributed by atoms with E-state index in [1.54, 1.807) is 12.1 Å². The summed E-state index contributed by atoms with van der Waals surface area (Å²) in [5, 5.41) is 16.4. The number of carbonyl (C=O) groups is 2. The highest BCUT2D eigenvalue weighted by Gasteiger charge is 2.22. The molecule has 3 aromatic carbocycles. The average molecular weight is 498 g/mol. The largest absolute Gasteiger partial charge is 0.480 e. The molecule has 190 valence electrons. The van der Waals surface area contributed by atoms with Gasteiger partial charge in [-0.25, -0.2) is 4.79 Å². The number of rotatable bonds is 7. The number of carbonyl (C=O) groups excluding carboxylic acids is 1. The average Bonchev–Trinajstić information content (AvgIpc) is 3.35. The quantitative estimate of drug-likeness (QED) is 0.337. The Bertz CT molecular complexity index is 1410. The molecule has 0 radical (unpaired) electrons. The van der Waals surface area contributed by atoms with Gasteiger partial charge < -0.3 is 14.9 Å². The number of hydrogen-bond acceptors (Lipinski definition) is 5. The van der Waals surface area contributed by atoms with Crippen LogP contribution in [0.4, 0.5) is 0 Å². The number of amides is 1. The standard InChI is InChI=1S/C30H31N3O4/c1-18-6-9-23(16-19(18)2)28-32-26(33-37-28)21-10-7-20(8-11-21)17-25(29(35)36)31-27(34)22-12-14-24(15-13-22)30(3,4)5/h6-16,25H,17H2,1-5H3,(H,31,34)(H,35,36)/t25-/m0/s1. The first-order valence-corrected chi connectivity index (χ1v) is 12.2. The van der Waals surface area contributed by atoms with Crippen LogP contribution in [0.15, 0.2) is 71.3 Å². The van der Waals surface area contributed by atoms with Gasteiger partial charge in [0.25, 0.3) is 11.8 Å². The predicted octanol–water partition coefficient (Wildman–Crippen LogP) is 5.74. The van der Waals surface area contributed by atoms with Crippen LogP contribution in [0.5, 0.6) is 0 Å². The monoisotopic (exact) mass is 497 g/mol. The zero-order valence-corrected chi connectivity index (χ0v) is 21.7. The molecule has 0 saturated carbocycles. The third kappa shape index (κ3) is 6.12. The molecule has 0 aliphatic heterocycles. The van der Waals surface area contributed by atoms with Crippen LogP contribution in [-0.4, -0.2) is 33.2 Å². The lowest BCUT2D eigenvalue weighted by Gasteiger charge is -2.19. The van der Waals surface area contributed by atoms with Crippen molar-refractivity contribution >= 4 is 11.9 Å². The summed E-state index contributed by atoms with van der Waals surface area (Å²) in [5.74, 6) is -0.636. The molecule has 37 heavy (non-hydrogen) atoms. The molecule has 0 saturated heterocycles. The van der Waals surface area contributed by atoms with Gasteiger partial charge in [-0.3, -0.25) is 4.79 Å². The molecule has 0 spiro atoms. The van der Waals surface area contributed by atoms with E-state index in [9.17, 15) is 14.7 Å². The lowest BCUT2D eigenvalue weighted by molar-refractivity contribution is -0.139. The maximum Gasteiger partial charge on any atom is 0.326 e. The fourth-order valence-corrected chi connectivity index (χ4v) is 3.92. The normalized spacial score (nSPS) is 12.2. The van der Waals surface area contributed by atoms with Crippen LogP contribution >= 0.6 is 0 Å². The molecule has 1 heterocycles. The van der Waals surface area contributed by atoms with Crippen molar-refractivity contribution in [3.05, 3.63) is 94.5 Å². The minimum atomic E-state index is -1.10. The first kappa shape index (κ1) is 25.8. The number of nitrogens with one attached hydrogen (secondary N) is 1. The Morgan fingerprint density at radius 3 is 2.16 bits per heavy atom. The van der Waals surface area contributed by atoms with Gasteiger partial charge in [-0.2, -0.15) is 4.98 Å². The topological polar surface area (TPSA) is 105 Å². The molecule has 1 amide bonds. The van der Waals surface area contributed by atoms with Crippen LogP contribution in [0.1, 0.15) is 53.4 Å². The number of nitrogens with zero attached hydrogens (tertiary/aromatic N) is 2. The fraction of sp³-hybridized carbons (Fsp3) is 0.267. The van der Waals surface area contributed by atoms with Gasteiger partial charge in [-0.05, 0) is 65.8 Å². The molecule has 7 nitrogen and oxygen atoms in total. The van der Waals surface area contributed by atoms with Gasteiger partial charge in [-0.1, -0.05) is 68.4 Å². The highest BCUT2D eigenvalue weighted by Crippen LogP contribution is 2.25. The van der Waals surface area contributed by atoms with E-state index in [0.29, 0.717) is 17.3 Å². The lowest BCUT2D eigenvalue weighted by Crippen LogP contribution is -2.42. The molecule has 0 aliphatic rings. The van der Waals surface area contributed by atoms with Crippen molar-refractivity contribution < 1.29 is 19.2 Å². The molecular weight excluding hydrogens is 466 g/mol. The maximum absolute atomic E-state index is 12.7. The molecule has 0 bridgehead atoms. The van der Waals surface area contributed by atoms with E-state index >= 15 is 0 Å². The van der Waals surface area contributed by atoms with E-state index in [-0.39, 0.29) is 11.8 Å². The molecule has 2 N–H and O–H groups in total. The molecule has 0 fully saturated rings. The summed E-state index contributed by atoms with van der Waals surface area (Å²) < 4.78 is 5.45. The van der Waals surface area contributed by atoms with E-state index in [0.717, 1.165) is 27.8 Å². The Kier molecular flexibility index (Phi) is 7.25. The van der Waals surface area contributed by atoms with Crippen LogP contribution < -0.4 is 5.32 Å². The second-order valence-corrected chi connectivity index (χ2v) is 10.3. The minimum Gasteiger partial charge on any atom is -0.480 e. The molecule has 1 aromatic heterocycles. The zero-order valence-electron chi connectivity index (χ0n) is 21.7. The smallest absolute Gasteiger partial charge is 0.326 e. The molecule has 0 unspecified atom stereocenters. The highest BCUT2D eigenvalue weighted by atomic mass is 16.5. The molecule has 0 aliphatic carbocycles. The summed E-state index contributed by atoms with van der Waals surface area (Å²) >= 11 is 0. The number of aromatic nitrogens is 2. The van der Waals surface area contributed by atoms with Crippen molar-refractivity contribution in [1.29, 1.82) is 0 Å². The first-order chi connectivity index (χ1) is 17.5. The second-order valence-electron chi connectivity index (χ2n) is 10.3. The summed E-state index contributed by atoms with van der Waals surface area (Å²) in [4.78, 5) is 29.1. The Labute approximate surface area is 216 Å². The van der Waals surface area contributed by atoms with E-state index < -0.39 is 17.9 Å². The number of carboxylic acid groups (broad SMARTS) is 1. The molecule has 7 heteroatoms. The highest BCUT2D eigenvalue weighted by molar-refractivity contribution is 5.96. The van der Waals surface area contributed by atoms with E-state index in [2.05, 4.69) is 36.2 Å². The van der Waals surface area contributed by atoms with Crippen molar-refractivity contribution in [1.82, 2.24) is 15.5 Å². The van der Waals surface area contributed by atoms with Gasteiger partial charge in [0.05, 0.1) is 0 Å². The number of aliphatic carboxylic acids is 1. The van der Waals surface area contributed by atoms with Crippen LogP contribution in [0, 0.1) is 13.8 Å². The minimum absolute atomic E-state index is 0.0342. The van der Waals surface area contributed by atoms with E-state index in [1.807, 2.05) is 68.4 Å². The van der Waals surface area contributed by atoms with Crippen LogP contribution in [-0.2, 0) is 16.6 Å². The Morgan fingerprint density at radius 1 is 0.919 bits per heavy atom. The SMILES string of the molecule is Cc1ccc(-c2nc(-c3ccc(C[C@H](NC(=O)c4ccc(C(C)(C)C)cc4)C(=O)O)cc3)no2)cc1C. The van der Waals surface area contributed by atoms with Gasteiger partial charge in [0, 0.05) is 23.1 Å². The summed E-state index contributed by atoms with van der Waals surface area (Å²) in [5.41, 5.74) is 6.18. The Hall–Kier alpha value is -4.26. The third-order valence-corrected chi connectivity index (χ3v) is 6.45. The molecule has 1 atom stereocenters. The van der Waals surface area contributed by atoms with Crippen LogP contribution in [0.25, 0.3) is 22.8 Å². The Morgan fingerprint density at radius 2 is 1.57 bits per heavy atom. The van der Waals surface area contributed by atoms with Gasteiger partial charge in [0.1, 0.15) is 6.04 Å². The number of carboxylic acids is 1. The van der Waals surface area contributed by atoms with Crippen molar-refractivity contribution in [2.45, 2.75) is 52.5 Å². The number of hydrogen-bond donors (Lipinski definition) is 2. The third-order valence-electron chi connectivity index (χ3n) is 6.45.